The minimum absolute atomic E-state index is 0.104. The van der Waals surface area contributed by atoms with Gasteiger partial charge in [0.2, 0.25) is 5.91 Å². The minimum atomic E-state index is 0.104. The number of likely N-dealkylation sites (N-methyl/N-ethyl adjacent to an activating group) is 1. The van der Waals surface area contributed by atoms with Crippen LogP contribution in [0, 0.1) is 0 Å². The molecule has 0 saturated carbocycles. The van der Waals surface area contributed by atoms with E-state index in [1.54, 1.807) is 4.90 Å². The normalized spacial score (nSPS) is 18.4. The van der Waals surface area contributed by atoms with Gasteiger partial charge in [0.25, 0.3) is 0 Å². The molecule has 1 saturated heterocycles. The SMILES string of the molecule is CN1CCN(c2nc3c(cc2C(N)=S)CCC3)CC1=O. The van der Waals surface area contributed by atoms with Gasteiger partial charge in [0.1, 0.15) is 10.8 Å². The smallest absolute Gasteiger partial charge is 0.241 e. The Balaban J connectivity index is 2.00. The summed E-state index contributed by atoms with van der Waals surface area (Å²) in [6, 6.07) is 2.07. The topological polar surface area (TPSA) is 62.5 Å². The summed E-state index contributed by atoms with van der Waals surface area (Å²) in [6.45, 7) is 1.82. The summed E-state index contributed by atoms with van der Waals surface area (Å²) < 4.78 is 0. The Labute approximate surface area is 123 Å². The number of aryl methyl sites for hydroxylation is 2. The third kappa shape index (κ3) is 2.24. The highest BCUT2D eigenvalue weighted by Crippen LogP contribution is 2.28. The Morgan fingerprint density at radius 3 is 2.90 bits per heavy atom. The molecule has 2 N–H and O–H groups in total. The first-order valence-electron chi connectivity index (χ1n) is 6.88. The largest absolute Gasteiger partial charge is 0.389 e. The number of carbonyl (C=O) groups is 1. The molecule has 0 radical (unpaired) electrons. The molecule has 1 aromatic heterocycles. The van der Waals surface area contributed by atoms with Crippen LogP contribution in [0.5, 0.6) is 0 Å². The van der Waals surface area contributed by atoms with Gasteiger partial charge in [0.05, 0.1) is 12.1 Å². The Kier molecular flexibility index (Phi) is 3.33. The molecule has 6 heteroatoms. The fourth-order valence-electron chi connectivity index (χ4n) is 2.82. The third-order valence-electron chi connectivity index (χ3n) is 4.05. The highest BCUT2D eigenvalue weighted by molar-refractivity contribution is 7.80. The fraction of sp³-hybridized carbons (Fsp3) is 0.500. The number of rotatable bonds is 2. The molecular weight excluding hydrogens is 272 g/mol. The summed E-state index contributed by atoms with van der Waals surface area (Å²) >= 11 is 5.16. The first-order chi connectivity index (χ1) is 9.56. The molecular formula is C14H18N4OS. The average Bonchev–Trinajstić information content (AvgIpc) is 2.87. The van der Waals surface area contributed by atoms with Crippen molar-refractivity contribution in [3.05, 3.63) is 22.9 Å². The maximum atomic E-state index is 11.9. The number of piperazine rings is 1. The summed E-state index contributed by atoms with van der Waals surface area (Å²) in [6.07, 6.45) is 3.17. The van der Waals surface area contributed by atoms with Gasteiger partial charge >= 0.3 is 0 Å². The quantitative estimate of drug-likeness (QED) is 0.803. The Morgan fingerprint density at radius 1 is 1.40 bits per heavy atom. The number of fused-ring (bicyclic) bond motifs is 1. The lowest BCUT2D eigenvalue weighted by atomic mass is 10.1. The van der Waals surface area contributed by atoms with Crippen molar-refractivity contribution < 1.29 is 4.79 Å². The summed E-state index contributed by atoms with van der Waals surface area (Å²) in [5, 5.41) is 0. The summed E-state index contributed by atoms with van der Waals surface area (Å²) in [7, 11) is 1.82. The van der Waals surface area contributed by atoms with Crippen molar-refractivity contribution in [2.75, 3.05) is 31.6 Å². The van der Waals surface area contributed by atoms with E-state index < -0.39 is 0 Å². The molecule has 1 amide bonds. The highest BCUT2D eigenvalue weighted by atomic mass is 32.1. The van der Waals surface area contributed by atoms with E-state index in [-0.39, 0.29) is 5.91 Å². The minimum Gasteiger partial charge on any atom is -0.389 e. The van der Waals surface area contributed by atoms with Crippen molar-refractivity contribution in [3.8, 4) is 0 Å². The second-order valence-electron chi connectivity index (χ2n) is 5.42. The number of nitrogens with zero attached hydrogens (tertiary/aromatic N) is 3. The van der Waals surface area contributed by atoms with Gasteiger partial charge < -0.3 is 15.5 Å². The van der Waals surface area contributed by atoms with Gasteiger partial charge in [-0.15, -0.1) is 0 Å². The predicted octanol–water partition coefficient (Wildman–Crippen LogP) is 0.483. The molecule has 5 nitrogen and oxygen atoms in total. The number of hydrogen-bond acceptors (Lipinski definition) is 4. The zero-order valence-electron chi connectivity index (χ0n) is 11.6. The van der Waals surface area contributed by atoms with Crippen molar-refractivity contribution in [1.82, 2.24) is 9.88 Å². The number of nitrogens with two attached hydrogens (primary N) is 1. The first kappa shape index (κ1) is 13.3. The van der Waals surface area contributed by atoms with Crippen LogP contribution in [0.4, 0.5) is 5.82 Å². The number of anilines is 1. The van der Waals surface area contributed by atoms with E-state index >= 15 is 0 Å². The molecule has 0 aromatic carbocycles. The van der Waals surface area contributed by atoms with E-state index in [1.807, 2.05) is 11.9 Å². The second kappa shape index (κ2) is 5.01. The molecule has 1 aromatic rings. The van der Waals surface area contributed by atoms with E-state index in [2.05, 4.69) is 6.07 Å². The monoisotopic (exact) mass is 290 g/mol. The van der Waals surface area contributed by atoms with Gasteiger partial charge in [0.15, 0.2) is 0 Å². The second-order valence-corrected chi connectivity index (χ2v) is 5.86. The lowest BCUT2D eigenvalue weighted by molar-refractivity contribution is -0.129. The van der Waals surface area contributed by atoms with Gasteiger partial charge in [-0.1, -0.05) is 12.2 Å². The van der Waals surface area contributed by atoms with E-state index in [0.717, 1.165) is 42.9 Å². The number of hydrogen-bond donors (Lipinski definition) is 1. The maximum absolute atomic E-state index is 11.9. The van der Waals surface area contributed by atoms with Crippen molar-refractivity contribution >= 4 is 28.9 Å². The molecule has 0 spiro atoms. The van der Waals surface area contributed by atoms with Crippen molar-refractivity contribution in [3.63, 3.8) is 0 Å². The standard InChI is InChI=1S/C14H18N4OS/c1-17-5-6-18(8-12(17)19)14-10(13(15)20)7-9-3-2-4-11(9)16-14/h7H,2-6,8H2,1H3,(H2,15,20). The maximum Gasteiger partial charge on any atom is 0.241 e. The number of pyridine rings is 1. The summed E-state index contributed by atoms with van der Waals surface area (Å²) in [5.74, 6) is 0.882. The van der Waals surface area contributed by atoms with Gasteiger partial charge in [-0.2, -0.15) is 0 Å². The molecule has 2 aliphatic rings. The van der Waals surface area contributed by atoms with Crippen LogP contribution in [0.15, 0.2) is 6.07 Å². The van der Waals surface area contributed by atoms with Crippen LogP contribution >= 0.6 is 12.2 Å². The van der Waals surface area contributed by atoms with Gasteiger partial charge in [-0.25, -0.2) is 4.98 Å². The third-order valence-corrected chi connectivity index (χ3v) is 4.27. The van der Waals surface area contributed by atoms with Crippen LogP contribution in [-0.4, -0.2) is 47.5 Å². The fourth-order valence-corrected chi connectivity index (χ4v) is 2.97. The average molecular weight is 290 g/mol. The molecule has 106 valence electrons. The van der Waals surface area contributed by atoms with E-state index in [4.69, 9.17) is 22.9 Å². The van der Waals surface area contributed by atoms with Crippen molar-refractivity contribution in [1.29, 1.82) is 0 Å². The summed E-state index contributed by atoms with van der Waals surface area (Å²) in [5.41, 5.74) is 9.03. The van der Waals surface area contributed by atoms with Gasteiger partial charge in [-0.3, -0.25) is 4.79 Å². The molecule has 1 fully saturated rings. The Bertz CT molecular complexity index is 587. The van der Waals surface area contributed by atoms with Crippen LogP contribution in [0.2, 0.25) is 0 Å². The number of aromatic nitrogens is 1. The highest BCUT2D eigenvalue weighted by Gasteiger charge is 2.26. The van der Waals surface area contributed by atoms with Crippen LogP contribution in [-0.2, 0) is 17.6 Å². The zero-order chi connectivity index (χ0) is 14.3. The molecule has 2 heterocycles. The van der Waals surface area contributed by atoms with Crippen LogP contribution < -0.4 is 10.6 Å². The lowest BCUT2D eigenvalue weighted by Gasteiger charge is -2.34. The van der Waals surface area contributed by atoms with Crippen molar-refractivity contribution in [2.24, 2.45) is 5.73 Å². The van der Waals surface area contributed by atoms with Crippen LogP contribution in [0.3, 0.4) is 0 Å². The Hall–Kier alpha value is -1.69. The molecule has 0 bridgehead atoms. The van der Waals surface area contributed by atoms with Crippen LogP contribution in [0.1, 0.15) is 23.2 Å². The van der Waals surface area contributed by atoms with Gasteiger partial charge in [-0.05, 0) is 30.9 Å². The van der Waals surface area contributed by atoms with E-state index in [9.17, 15) is 4.79 Å². The first-order valence-corrected chi connectivity index (χ1v) is 7.28. The number of carbonyl (C=O) groups excluding carboxylic acids is 1. The molecule has 3 rings (SSSR count). The number of thiocarbonyl (C=S) groups is 1. The number of amides is 1. The van der Waals surface area contributed by atoms with Crippen molar-refractivity contribution in [2.45, 2.75) is 19.3 Å². The molecule has 20 heavy (non-hydrogen) atoms. The zero-order valence-corrected chi connectivity index (χ0v) is 12.4. The predicted molar refractivity (Wildman–Crippen MR) is 82.0 cm³/mol. The van der Waals surface area contributed by atoms with E-state index in [0.29, 0.717) is 18.1 Å². The molecule has 0 atom stereocenters. The van der Waals surface area contributed by atoms with E-state index in [1.165, 1.54) is 5.56 Å². The summed E-state index contributed by atoms with van der Waals surface area (Å²) in [4.78, 5) is 20.7. The van der Waals surface area contributed by atoms with Gasteiger partial charge in [0, 0.05) is 25.8 Å². The molecule has 1 aliphatic heterocycles. The lowest BCUT2D eigenvalue weighted by Crippen LogP contribution is -2.49. The molecule has 0 unspecified atom stereocenters. The Morgan fingerprint density at radius 2 is 2.20 bits per heavy atom. The van der Waals surface area contributed by atoms with Crippen LogP contribution in [0.25, 0.3) is 0 Å². The molecule has 1 aliphatic carbocycles.